The van der Waals surface area contributed by atoms with Gasteiger partial charge in [-0.15, -0.1) is 0 Å². The Morgan fingerprint density at radius 2 is 0.933 bits per heavy atom. The SMILES string of the molecule is CCn1c(-c2ccc(CCOP(C)(=O)c3ccc4c(c3)nc(-c3ccccc3-c3ccc(C)cc3C)n4CC)cc2-c2ccc(C)cc2C)nc2cc(NC(=O)NCc3ccc(-c4nc5cc(S(C)(=O)=O)ccc5n4CC)c(-c4ccc(C)cc4C)c3)ccc21. The first-order valence-electron chi connectivity index (χ1n) is 30.8. The molecule has 1 atom stereocenters. The maximum absolute atomic E-state index is 14.6. The molecule has 456 valence electrons. The summed E-state index contributed by atoms with van der Waals surface area (Å²) >= 11 is 0. The maximum Gasteiger partial charge on any atom is 0.319 e. The number of rotatable bonds is 18. The summed E-state index contributed by atoms with van der Waals surface area (Å²) in [6, 6.07) is 56.9. The van der Waals surface area contributed by atoms with Gasteiger partial charge >= 0.3 is 6.03 Å². The van der Waals surface area contributed by atoms with E-state index in [0.29, 0.717) is 36.0 Å². The molecule has 13 nitrogen and oxygen atoms in total. The quantitative estimate of drug-likeness (QED) is 0.0805. The summed E-state index contributed by atoms with van der Waals surface area (Å²) < 4.78 is 52.6. The second kappa shape index (κ2) is 24.6. The summed E-state index contributed by atoms with van der Waals surface area (Å²) in [5.41, 5.74) is 23.7. The largest absolute Gasteiger partial charge is 0.334 e. The fourth-order valence-electron chi connectivity index (χ4n) is 12.8. The van der Waals surface area contributed by atoms with Crippen LogP contribution in [0.5, 0.6) is 0 Å². The van der Waals surface area contributed by atoms with Crippen LogP contribution < -0.4 is 15.9 Å². The van der Waals surface area contributed by atoms with Crippen LogP contribution >= 0.6 is 7.37 Å². The zero-order chi connectivity index (χ0) is 63.3. The van der Waals surface area contributed by atoms with Crippen molar-refractivity contribution in [3.63, 3.8) is 0 Å². The Bertz CT molecular complexity index is 5000. The molecule has 0 saturated carbocycles. The summed E-state index contributed by atoms with van der Waals surface area (Å²) in [5, 5.41) is 6.79. The van der Waals surface area contributed by atoms with Crippen molar-refractivity contribution in [3.8, 4) is 67.5 Å². The number of sulfone groups is 1. The number of urea groups is 1. The molecule has 0 aliphatic rings. The number of hydrogen-bond donors (Lipinski definition) is 2. The predicted molar refractivity (Wildman–Crippen MR) is 369 cm³/mol. The van der Waals surface area contributed by atoms with Crippen LogP contribution in [0, 0.1) is 41.5 Å². The van der Waals surface area contributed by atoms with Crippen molar-refractivity contribution in [1.82, 2.24) is 34.0 Å². The van der Waals surface area contributed by atoms with Gasteiger partial charge in [-0.2, -0.15) is 0 Å². The van der Waals surface area contributed by atoms with E-state index in [2.05, 4.69) is 190 Å². The number of amides is 2. The van der Waals surface area contributed by atoms with Crippen LogP contribution in [0.15, 0.2) is 175 Å². The van der Waals surface area contributed by atoms with E-state index in [1.165, 1.54) is 28.5 Å². The molecule has 3 heterocycles. The predicted octanol–water partition coefficient (Wildman–Crippen LogP) is 17.2. The summed E-state index contributed by atoms with van der Waals surface area (Å²) in [4.78, 5) is 29.6. The lowest BCUT2D eigenvalue weighted by Gasteiger charge is -2.17. The molecule has 0 fully saturated rings. The Labute approximate surface area is 527 Å². The van der Waals surface area contributed by atoms with Gasteiger partial charge in [0.25, 0.3) is 0 Å². The fourth-order valence-corrected chi connectivity index (χ4v) is 14.7. The standard InChI is InChI=1S/C75H75N8O5PS/c1-12-81-69-32-24-54(77-75(84)76-45-53-23-31-63(65(41-53)59-29-21-48(6)39-51(59)9)74-80-68-44-56(90(11,86)87)26-34-71(68)83(74)14-3)42-66(69)78-73(81)62-30-22-52(40-64(62)58-28-20-47(5)38-50(58)8)35-36-88-89(10,85)55-25-33-70-67(43-55)79-72(82(70)13-2)61-18-16-15-17-60(61)57-27-19-46(4)37-49(57)7/h15-34,37-44H,12-14,35-36,45H2,1-11H3,(H2,76,77,84). The van der Waals surface area contributed by atoms with Crippen molar-refractivity contribution in [3.05, 3.63) is 214 Å². The Balaban J connectivity index is 0.779. The van der Waals surface area contributed by atoms with Crippen molar-refractivity contribution >= 4 is 67.3 Å². The number of benzene rings is 9. The van der Waals surface area contributed by atoms with Crippen molar-refractivity contribution in [2.45, 2.75) is 99.8 Å². The van der Waals surface area contributed by atoms with Crippen LogP contribution in [0.25, 0.3) is 101 Å². The van der Waals surface area contributed by atoms with Gasteiger partial charge in [0.1, 0.15) is 17.5 Å². The number of nitrogens with one attached hydrogen (secondary N) is 2. The Morgan fingerprint density at radius 3 is 1.46 bits per heavy atom. The van der Waals surface area contributed by atoms with Crippen LogP contribution in [0.2, 0.25) is 0 Å². The number of anilines is 1. The molecule has 0 aliphatic heterocycles. The highest BCUT2D eigenvalue weighted by Gasteiger charge is 2.25. The number of aromatic nitrogens is 6. The van der Waals surface area contributed by atoms with E-state index in [4.69, 9.17) is 19.5 Å². The smallest absolute Gasteiger partial charge is 0.319 e. The van der Waals surface area contributed by atoms with Crippen LogP contribution in [-0.2, 0) is 51.5 Å². The molecule has 0 spiro atoms. The third-order valence-corrected chi connectivity index (χ3v) is 20.3. The first-order chi connectivity index (χ1) is 43.2. The molecule has 2 N–H and O–H groups in total. The molecule has 90 heavy (non-hydrogen) atoms. The lowest BCUT2D eigenvalue weighted by atomic mass is 9.92. The van der Waals surface area contributed by atoms with Gasteiger partial charge in [0.15, 0.2) is 9.84 Å². The normalized spacial score (nSPS) is 12.5. The minimum atomic E-state index is -3.43. The Hall–Kier alpha value is -9.20. The zero-order valence-corrected chi connectivity index (χ0v) is 54.7. The average Bonchev–Trinajstić information content (AvgIpc) is 1.67. The van der Waals surface area contributed by atoms with E-state index in [9.17, 15) is 17.8 Å². The molecule has 2 amide bonds. The molecule has 0 aliphatic carbocycles. The molecule has 0 radical (unpaired) electrons. The van der Waals surface area contributed by atoms with Gasteiger partial charge < -0.3 is 28.9 Å². The summed E-state index contributed by atoms with van der Waals surface area (Å²) in [5.74, 6) is 2.41. The molecule has 0 saturated heterocycles. The van der Waals surface area contributed by atoms with Crippen molar-refractivity contribution in [2.75, 3.05) is 24.8 Å². The number of carbonyl (C=O) groups is 1. The van der Waals surface area contributed by atoms with E-state index in [-0.39, 0.29) is 24.1 Å². The molecule has 9 aromatic carbocycles. The number of fused-ring (bicyclic) bond motifs is 3. The van der Waals surface area contributed by atoms with Crippen LogP contribution in [0.3, 0.4) is 0 Å². The maximum atomic E-state index is 14.6. The lowest BCUT2D eigenvalue weighted by Crippen LogP contribution is -2.28. The second-order valence-electron chi connectivity index (χ2n) is 23.8. The number of hydrogen-bond acceptors (Lipinski definition) is 8. The molecular formula is C75H75N8O5PS. The van der Waals surface area contributed by atoms with Gasteiger partial charge in [0.2, 0.25) is 7.37 Å². The van der Waals surface area contributed by atoms with E-state index in [0.717, 1.165) is 124 Å². The monoisotopic (exact) mass is 1230 g/mol. The van der Waals surface area contributed by atoms with Gasteiger partial charge in [-0.3, -0.25) is 4.57 Å². The van der Waals surface area contributed by atoms with E-state index in [1.54, 1.807) is 18.8 Å². The number of carbonyl (C=O) groups excluding carboxylic acids is 1. The third-order valence-electron chi connectivity index (χ3n) is 17.3. The van der Waals surface area contributed by atoms with E-state index >= 15 is 0 Å². The summed E-state index contributed by atoms with van der Waals surface area (Å²) in [6.45, 7) is 23.2. The minimum absolute atomic E-state index is 0.224. The van der Waals surface area contributed by atoms with Gasteiger partial charge in [0.05, 0.1) is 44.6 Å². The van der Waals surface area contributed by atoms with Gasteiger partial charge in [-0.25, -0.2) is 28.2 Å². The van der Waals surface area contributed by atoms with Crippen molar-refractivity contribution < 1.29 is 22.3 Å². The van der Waals surface area contributed by atoms with E-state index in [1.807, 2.05) is 54.6 Å². The van der Waals surface area contributed by atoms with Crippen LogP contribution in [0.4, 0.5) is 10.5 Å². The highest BCUT2D eigenvalue weighted by molar-refractivity contribution is 7.90. The third kappa shape index (κ3) is 11.9. The average molecular weight is 1230 g/mol. The number of aryl methyl sites for hydroxylation is 9. The van der Waals surface area contributed by atoms with Gasteiger partial charge in [-0.1, -0.05) is 126 Å². The number of nitrogens with zero attached hydrogens (tertiary/aromatic N) is 6. The minimum Gasteiger partial charge on any atom is -0.334 e. The first-order valence-corrected chi connectivity index (χ1v) is 34.7. The molecule has 12 aromatic rings. The molecular weight excluding hydrogens is 1160 g/mol. The summed E-state index contributed by atoms with van der Waals surface area (Å²) in [7, 11) is -6.72. The molecule has 3 aromatic heterocycles. The summed E-state index contributed by atoms with van der Waals surface area (Å²) in [6.07, 6.45) is 1.74. The highest BCUT2D eigenvalue weighted by Crippen LogP contribution is 2.44. The fraction of sp³-hybridized carbons (Fsp3) is 0.227. The van der Waals surface area contributed by atoms with E-state index < -0.39 is 17.2 Å². The Morgan fingerprint density at radius 1 is 0.489 bits per heavy atom. The Kier molecular flexibility index (Phi) is 16.7. The molecule has 0 bridgehead atoms. The van der Waals surface area contributed by atoms with Gasteiger partial charge in [0, 0.05) is 66.8 Å². The molecule has 15 heteroatoms. The zero-order valence-electron chi connectivity index (χ0n) is 53.0. The topological polar surface area (TPSA) is 155 Å². The van der Waals surface area contributed by atoms with Crippen molar-refractivity contribution in [2.24, 2.45) is 0 Å². The first kappa shape index (κ1) is 61.1. The lowest BCUT2D eigenvalue weighted by molar-refractivity contribution is 0.251. The van der Waals surface area contributed by atoms with Crippen LogP contribution in [0.1, 0.15) is 65.3 Å². The van der Waals surface area contributed by atoms with Gasteiger partial charge in [-0.05, 0) is 191 Å². The van der Waals surface area contributed by atoms with Crippen molar-refractivity contribution in [1.29, 1.82) is 0 Å². The highest BCUT2D eigenvalue weighted by atomic mass is 32.2. The second-order valence-corrected chi connectivity index (χ2v) is 28.3. The molecule has 1 unspecified atom stereocenters. The number of imidazole rings is 3. The van der Waals surface area contributed by atoms with Crippen LogP contribution in [-0.4, -0.2) is 62.6 Å². The molecule has 12 rings (SSSR count).